The maximum absolute atomic E-state index is 5.52. The summed E-state index contributed by atoms with van der Waals surface area (Å²) in [5, 5.41) is 3.67. The number of hydrogen-bond donors (Lipinski definition) is 1. The zero-order chi connectivity index (χ0) is 14.8. The molecule has 4 nitrogen and oxygen atoms in total. The van der Waals surface area contributed by atoms with Crippen molar-refractivity contribution < 1.29 is 4.74 Å². The van der Waals surface area contributed by atoms with Gasteiger partial charge in [-0.05, 0) is 46.1 Å². The second kappa shape index (κ2) is 6.32. The van der Waals surface area contributed by atoms with Crippen molar-refractivity contribution in [1.82, 2.24) is 15.2 Å². The van der Waals surface area contributed by atoms with Crippen LogP contribution in [0, 0.1) is 13.8 Å². The second-order valence-electron chi connectivity index (χ2n) is 6.50. The van der Waals surface area contributed by atoms with E-state index < -0.39 is 0 Å². The van der Waals surface area contributed by atoms with Gasteiger partial charge in [-0.3, -0.25) is 9.88 Å². The van der Waals surface area contributed by atoms with Gasteiger partial charge in [-0.25, -0.2) is 0 Å². The highest BCUT2D eigenvalue weighted by Crippen LogP contribution is 2.27. The van der Waals surface area contributed by atoms with Gasteiger partial charge in [0.1, 0.15) is 5.75 Å². The maximum atomic E-state index is 5.52. The molecular weight excluding hydrogens is 262 g/mol. The van der Waals surface area contributed by atoms with Crippen LogP contribution in [-0.2, 0) is 6.54 Å². The normalized spacial score (nSPS) is 22.7. The van der Waals surface area contributed by atoms with Crippen LogP contribution in [0.4, 0.5) is 0 Å². The molecule has 4 heteroatoms. The third-order valence-electron chi connectivity index (χ3n) is 4.82. The summed E-state index contributed by atoms with van der Waals surface area (Å²) in [5.74, 6) is 0.992. The molecule has 0 spiro atoms. The first-order chi connectivity index (χ1) is 10.2. The number of nitrogens with zero attached hydrogens (tertiary/aromatic N) is 2. The number of pyridine rings is 1. The highest BCUT2D eigenvalue weighted by molar-refractivity contribution is 5.41. The number of ether oxygens (including phenoxy) is 1. The Balaban J connectivity index is 1.67. The van der Waals surface area contributed by atoms with Gasteiger partial charge >= 0.3 is 0 Å². The van der Waals surface area contributed by atoms with Crippen LogP contribution in [0.2, 0.25) is 0 Å². The lowest BCUT2D eigenvalue weighted by Crippen LogP contribution is -2.38. The summed E-state index contributed by atoms with van der Waals surface area (Å²) < 4.78 is 5.52. The van der Waals surface area contributed by atoms with Gasteiger partial charge in [-0.1, -0.05) is 0 Å². The summed E-state index contributed by atoms with van der Waals surface area (Å²) in [6.07, 6.45) is 7.28. The van der Waals surface area contributed by atoms with E-state index in [1.807, 2.05) is 6.20 Å². The second-order valence-corrected chi connectivity index (χ2v) is 6.50. The Morgan fingerprint density at radius 2 is 2.14 bits per heavy atom. The molecule has 1 aromatic rings. The molecule has 2 heterocycles. The first kappa shape index (κ1) is 14.8. The maximum Gasteiger partial charge on any atom is 0.128 e. The minimum absolute atomic E-state index is 0.666. The van der Waals surface area contributed by atoms with E-state index in [9.17, 15) is 0 Å². The van der Waals surface area contributed by atoms with Crippen LogP contribution >= 0.6 is 0 Å². The Labute approximate surface area is 127 Å². The van der Waals surface area contributed by atoms with E-state index >= 15 is 0 Å². The third-order valence-corrected chi connectivity index (χ3v) is 4.82. The average Bonchev–Trinajstić information content (AvgIpc) is 3.20. The van der Waals surface area contributed by atoms with E-state index in [0.717, 1.165) is 36.1 Å². The summed E-state index contributed by atoms with van der Waals surface area (Å²) in [5.41, 5.74) is 3.47. The van der Waals surface area contributed by atoms with Crippen LogP contribution < -0.4 is 10.1 Å². The number of aromatic nitrogens is 1. The predicted octanol–water partition coefficient (Wildman–Crippen LogP) is 2.42. The zero-order valence-corrected chi connectivity index (χ0v) is 13.5. The number of likely N-dealkylation sites (tertiary alicyclic amines) is 1. The first-order valence-corrected chi connectivity index (χ1v) is 8.15. The van der Waals surface area contributed by atoms with Crippen molar-refractivity contribution in [3.05, 3.63) is 23.0 Å². The van der Waals surface area contributed by atoms with Gasteiger partial charge in [0, 0.05) is 42.5 Å². The summed E-state index contributed by atoms with van der Waals surface area (Å²) >= 11 is 0. The Hall–Kier alpha value is -1.13. The molecule has 1 unspecified atom stereocenters. The van der Waals surface area contributed by atoms with Crippen LogP contribution in [0.15, 0.2) is 6.20 Å². The minimum Gasteiger partial charge on any atom is -0.496 e. The van der Waals surface area contributed by atoms with Gasteiger partial charge in [0.2, 0.25) is 0 Å². The lowest BCUT2D eigenvalue weighted by molar-refractivity contribution is 0.235. The summed E-state index contributed by atoms with van der Waals surface area (Å²) in [6, 6.07) is 1.46. The van der Waals surface area contributed by atoms with Gasteiger partial charge in [-0.2, -0.15) is 0 Å². The molecule has 1 atom stereocenters. The fraction of sp³-hybridized carbons (Fsp3) is 0.706. The molecule has 1 saturated heterocycles. The number of rotatable bonds is 6. The SMILES string of the molecule is COc1c(C)cnc(CN2CCCC2CNC2CC2)c1C. The standard InChI is InChI=1S/C17H27N3O/c1-12-9-19-16(13(2)17(12)21-3)11-20-8-4-5-15(20)10-18-14-6-7-14/h9,14-15,18H,4-8,10-11H2,1-3H3. The Kier molecular flexibility index (Phi) is 4.45. The van der Waals surface area contributed by atoms with Crippen molar-refractivity contribution in [2.75, 3.05) is 20.2 Å². The summed E-state index contributed by atoms with van der Waals surface area (Å²) in [7, 11) is 1.75. The molecule has 0 bridgehead atoms. The molecule has 1 saturated carbocycles. The van der Waals surface area contributed by atoms with E-state index in [1.54, 1.807) is 7.11 Å². The van der Waals surface area contributed by atoms with Gasteiger partial charge in [0.05, 0.1) is 12.8 Å². The van der Waals surface area contributed by atoms with Crippen LogP contribution in [0.1, 0.15) is 42.5 Å². The number of methoxy groups -OCH3 is 1. The van der Waals surface area contributed by atoms with Crippen LogP contribution in [-0.4, -0.2) is 42.2 Å². The highest BCUT2D eigenvalue weighted by atomic mass is 16.5. The predicted molar refractivity (Wildman–Crippen MR) is 84.7 cm³/mol. The molecule has 1 aromatic heterocycles. The fourth-order valence-corrected chi connectivity index (χ4v) is 3.35. The Morgan fingerprint density at radius 1 is 1.33 bits per heavy atom. The molecular formula is C17H27N3O. The molecule has 2 fully saturated rings. The van der Waals surface area contributed by atoms with Gasteiger partial charge < -0.3 is 10.1 Å². The molecule has 0 radical (unpaired) electrons. The van der Waals surface area contributed by atoms with Crippen molar-refractivity contribution in [3.8, 4) is 5.75 Å². The Morgan fingerprint density at radius 3 is 2.86 bits per heavy atom. The fourth-order valence-electron chi connectivity index (χ4n) is 3.35. The van der Waals surface area contributed by atoms with E-state index in [-0.39, 0.29) is 0 Å². The van der Waals surface area contributed by atoms with E-state index in [0.29, 0.717) is 6.04 Å². The van der Waals surface area contributed by atoms with Crippen LogP contribution in [0.3, 0.4) is 0 Å². The molecule has 0 aromatic carbocycles. The quantitative estimate of drug-likeness (QED) is 0.873. The topological polar surface area (TPSA) is 37.4 Å². The van der Waals surface area contributed by atoms with E-state index in [1.165, 1.54) is 37.8 Å². The van der Waals surface area contributed by atoms with Crippen molar-refractivity contribution in [3.63, 3.8) is 0 Å². The number of aryl methyl sites for hydroxylation is 1. The van der Waals surface area contributed by atoms with Crippen molar-refractivity contribution in [1.29, 1.82) is 0 Å². The number of nitrogens with one attached hydrogen (secondary N) is 1. The zero-order valence-electron chi connectivity index (χ0n) is 13.5. The van der Waals surface area contributed by atoms with Gasteiger partial charge in [0.15, 0.2) is 0 Å². The summed E-state index contributed by atoms with van der Waals surface area (Å²) in [4.78, 5) is 7.23. The first-order valence-electron chi connectivity index (χ1n) is 8.15. The van der Waals surface area contributed by atoms with E-state index in [2.05, 4.69) is 29.0 Å². The smallest absolute Gasteiger partial charge is 0.128 e. The molecule has 1 N–H and O–H groups in total. The minimum atomic E-state index is 0.666. The highest BCUT2D eigenvalue weighted by Gasteiger charge is 2.28. The summed E-state index contributed by atoms with van der Waals surface area (Å²) in [6.45, 7) is 7.45. The number of hydrogen-bond acceptors (Lipinski definition) is 4. The van der Waals surface area contributed by atoms with E-state index in [4.69, 9.17) is 4.74 Å². The molecule has 21 heavy (non-hydrogen) atoms. The third kappa shape index (κ3) is 3.38. The largest absolute Gasteiger partial charge is 0.496 e. The van der Waals surface area contributed by atoms with Crippen LogP contribution in [0.25, 0.3) is 0 Å². The molecule has 1 aliphatic heterocycles. The lowest BCUT2D eigenvalue weighted by Gasteiger charge is -2.25. The molecule has 116 valence electrons. The monoisotopic (exact) mass is 289 g/mol. The van der Waals surface area contributed by atoms with Crippen molar-refractivity contribution in [2.24, 2.45) is 0 Å². The van der Waals surface area contributed by atoms with Crippen molar-refractivity contribution >= 4 is 0 Å². The van der Waals surface area contributed by atoms with Crippen molar-refractivity contribution in [2.45, 2.75) is 58.2 Å². The lowest BCUT2D eigenvalue weighted by atomic mass is 10.1. The molecule has 2 aliphatic rings. The van der Waals surface area contributed by atoms with Crippen LogP contribution in [0.5, 0.6) is 5.75 Å². The Bertz CT molecular complexity index is 499. The van der Waals surface area contributed by atoms with Gasteiger partial charge in [-0.15, -0.1) is 0 Å². The average molecular weight is 289 g/mol. The molecule has 3 rings (SSSR count). The molecule has 1 aliphatic carbocycles. The van der Waals surface area contributed by atoms with Gasteiger partial charge in [0.25, 0.3) is 0 Å². The molecule has 0 amide bonds.